The molecule has 0 fully saturated rings. The van der Waals surface area contributed by atoms with E-state index in [0.717, 1.165) is 6.04 Å². The molecule has 0 amide bonds. The van der Waals surface area contributed by atoms with E-state index in [-0.39, 0.29) is 22.7 Å². The first kappa shape index (κ1) is 22.9. The fraction of sp³-hybridized carbons (Fsp3) is 0.556. The van der Waals surface area contributed by atoms with E-state index >= 15 is 0 Å². The highest BCUT2D eigenvalue weighted by Crippen LogP contribution is 2.27. The maximum atomic E-state index is 13.0. The number of halogens is 1. The maximum Gasteiger partial charge on any atom is 0.309 e. The molecule has 2 aromatic heterocycles. The quantitative estimate of drug-likeness (QED) is 0.253. The predicted octanol–water partition coefficient (Wildman–Crippen LogP) is 3.58. The van der Waals surface area contributed by atoms with Crippen molar-refractivity contribution in [2.45, 2.75) is 44.4 Å². The molecule has 0 aliphatic heterocycles. The summed E-state index contributed by atoms with van der Waals surface area (Å²) in [6, 6.07) is 4.12. The molecule has 1 atom stereocenters. The number of hydrogen-bond donors (Lipinski definition) is 0. The summed E-state index contributed by atoms with van der Waals surface area (Å²) in [5.41, 5.74) is 0.622. The number of rotatable bonds is 9. The lowest BCUT2D eigenvalue weighted by molar-refractivity contribution is -0.144. The standard InChI is InChI=1S/C18H27ClN2O5SSi/c1-13(18(22)25-2)11-27(23,24)17-8-14-10-20-16(19)9-15(14)21(17)12-26-6-7-28(3,4)5/h8-10,13H,6-7,11-12H2,1-5H3. The average molecular weight is 447 g/mol. The van der Waals surface area contributed by atoms with Gasteiger partial charge in [-0.25, -0.2) is 13.4 Å². The van der Waals surface area contributed by atoms with E-state index < -0.39 is 29.8 Å². The van der Waals surface area contributed by atoms with Crippen LogP contribution in [0.4, 0.5) is 0 Å². The second-order valence-electron chi connectivity index (χ2n) is 8.03. The number of carbonyl (C=O) groups excluding carboxylic acids is 1. The number of methoxy groups -OCH3 is 1. The zero-order valence-corrected chi connectivity index (χ0v) is 19.4. The summed E-state index contributed by atoms with van der Waals surface area (Å²) in [7, 11) is -3.79. The number of hydrogen-bond acceptors (Lipinski definition) is 6. The molecule has 156 valence electrons. The van der Waals surface area contributed by atoms with Crippen LogP contribution in [0.1, 0.15) is 6.92 Å². The van der Waals surface area contributed by atoms with E-state index in [1.807, 2.05) is 0 Å². The topological polar surface area (TPSA) is 87.5 Å². The van der Waals surface area contributed by atoms with Crippen molar-refractivity contribution in [2.75, 3.05) is 19.5 Å². The van der Waals surface area contributed by atoms with Gasteiger partial charge in [-0.15, -0.1) is 0 Å². The molecule has 0 bridgehead atoms. The molecule has 7 nitrogen and oxygen atoms in total. The number of nitrogens with zero attached hydrogens (tertiary/aromatic N) is 2. The van der Waals surface area contributed by atoms with Crippen LogP contribution in [0.15, 0.2) is 23.4 Å². The molecule has 1 unspecified atom stereocenters. The van der Waals surface area contributed by atoms with E-state index in [4.69, 9.17) is 16.3 Å². The molecule has 28 heavy (non-hydrogen) atoms. The summed E-state index contributed by atoms with van der Waals surface area (Å²) in [6.45, 7) is 8.89. The summed E-state index contributed by atoms with van der Waals surface area (Å²) < 4.78 is 38.0. The second-order valence-corrected chi connectivity index (χ2v) is 16.0. The third-order valence-electron chi connectivity index (χ3n) is 4.32. The Hall–Kier alpha value is -1.42. The van der Waals surface area contributed by atoms with Crippen molar-refractivity contribution in [1.29, 1.82) is 0 Å². The van der Waals surface area contributed by atoms with Crippen LogP contribution >= 0.6 is 11.6 Å². The number of fused-ring (bicyclic) bond motifs is 1. The molecule has 0 saturated carbocycles. The minimum absolute atomic E-state index is 0.0789. The van der Waals surface area contributed by atoms with Crippen LogP contribution < -0.4 is 0 Å². The van der Waals surface area contributed by atoms with Gasteiger partial charge in [0.05, 0.1) is 24.3 Å². The molecule has 2 heterocycles. The van der Waals surface area contributed by atoms with Gasteiger partial charge >= 0.3 is 5.97 Å². The van der Waals surface area contributed by atoms with Crippen LogP contribution in [0, 0.1) is 5.92 Å². The normalized spacial score (nSPS) is 13.6. The highest BCUT2D eigenvalue weighted by atomic mass is 35.5. The van der Waals surface area contributed by atoms with Crippen LogP contribution in [0.3, 0.4) is 0 Å². The SMILES string of the molecule is COC(=O)C(C)CS(=O)(=O)c1cc2cnc(Cl)cc2n1COCC[Si](C)(C)C. The van der Waals surface area contributed by atoms with E-state index in [9.17, 15) is 13.2 Å². The van der Waals surface area contributed by atoms with E-state index in [1.165, 1.54) is 20.2 Å². The summed E-state index contributed by atoms with van der Waals surface area (Å²) in [4.78, 5) is 15.7. The highest BCUT2D eigenvalue weighted by Gasteiger charge is 2.28. The first-order valence-electron chi connectivity index (χ1n) is 8.98. The zero-order chi connectivity index (χ0) is 21.1. The van der Waals surface area contributed by atoms with Gasteiger partial charge in [-0.1, -0.05) is 38.2 Å². The van der Waals surface area contributed by atoms with Gasteiger partial charge in [0.15, 0.2) is 9.84 Å². The second kappa shape index (κ2) is 8.94. The van der Waals surface area contributed by atoms with Gasteiger partial charge in [0.25, 0.3) is 0 Å². The molecule has 0 aliphatic carbocycles. The van der Waals surface area contributed by atoms with Crippen molar-refractivity contribution in [2.24, 2.45) is 5.92 Å². The molecule has 2 aromatic rings. The lowest BCUT2D eigenvalue weighted by Crippen LogP contribution is -2.25. The summed E-state index contributed by atoms with van der Waals surface area (Å²) >= 11 is 6.01. The molecule has 0 aliphatic rings. The third-order valence-corrected chi connectivity index (χ3v) is 8.15. The minimum Gasteiger partial charge on any atom is -0.469 e. The Bertz CT molecular complexity index is 953. The van der Waals surface area contributed by atoms with Crippen molar-refractivity contribution < 1.29 is 22.7 Å². The Kier molecular flexibility index (Phi) is 7.30. The lowest BCUT2D eigenvalue weighted by Gasteiger charge is -2.17. The molecule has 0 N–H and O–H groups in total. The summed E-state index contributed by atoms with van der Waals surface area (Å²) in [5, 5.41) is 0.985. The number of pyridine rings is 1. The maximum absolute atomic E-state index is 13.0. The van der Waals surface area contributed by atoms with Gasteiger partial charge < -0.3 is 14.0 Å². The van der Waals surface area contributed by atoms with Crippen LogP contribution in [0.25, 0.3) is 10.9 Å². The third kappa shape index (κ3) is 5.79. The fourth-order valence-corrected chi connectivity index (χ4v) is 5.38. The Balaban J connectivity index is 2.37. The highest BCUT2D eigenvalue weighted by molar-refractivity contribution is 7.91. The summed E-state index contributed by atoms with van der Waals surface area (Å²) in [5.74, 6) is -1.70. The fourth-order valence-electron chi connectivity index (χ4n) is 2.71. The number of esters is 1. The predicted molar refractivity (Wildman–Crippen MR) is 112 cm³/mol. The molecular formula is C18H27ClN2O5SSi. The van der Waals surface area contributed by atoms with Crippen molar-refractivity contribution in [3.05, 3.63) is 23.5 Å². The van der Waals surface area contributed by atoms with Gasteiger partial charge in [-0.05, 0) is 18.2 Å². The number of sulfone groups is 1. The zero-order valence-electron chi connectivity index (χ0n) is 16.9. The van der Waals surface area contributed by atoms with Gasteiger partial charge in [-0.2, -0.15) is 0 Å². The van der Waals surface area contributed by atoms with Crippen LogP contribution in [0.2, 0.25) is 30.8 Å². The molecule has 10 heteroatoms. The van der Waals surface area contributed by atoms with Gasteiger partial charge in [-0.3, -0.25) is 4.79 Å². The smallest absolute Gasteiger partial charge is 0.309 e. The van der Waals surface area contributed by atoms with Crippen molar-refractivity contribution in [3.63, 3.8) is 0 Å². The van der Waals surface area contributed by atoms with Gasteiger partial charge in [0.1, 0.15) is 16.9 Å². The lowest BCUT2D eigenvalue weighted by atomic mass is 10.2. The van der Waals surface area contributed by atoms with Gasteiger partial charge in [0, 0.05) is 26.3 Å². The Morgan fingerprint density at radius 2 is 2.00 bits per heavy atom. The molecule has 0 saturated heterocycles. The van der Waals surface area contributed by atoms with Crippen molar-refractivity contribution >= 4 is 46.4 Å². The number of carbonyl (C=O) groups is 1. The average Bonchev–Trinajstić information content (AvgIpc) is 2.95. The van der Waals surface area contributed by atoms with Crippen LogP contribution in [0.5, 0.6) is 0 Å². The Labute approximate surface area is 171 Å². The van der Waals surface area contributed by atoms with E-state index in [1.54, 1.807) is 16.7 Å². The molecule has 0 spiro atoms. The van der Waals surface area contributed by atoms with Crippen LogP contribution in [-0.2, 0) is 30.8 Å². The van der Waals surface area contributed by atoms with Crippen molar-refractivity contribution in [1.82, 2.24) is 9.55 Å². The Morgan fingerprint density at radius 3 is 2.61 bits per heavy atom. The first-order valence-corrected chi connectivity index (χ1v) is 14.7. The van der Waals surface area contributed by atoms with Crippen LogP contribution in [-0.4, -0.2) is 51.5 Å². The molecule has 0 aromatic carbocycles. The van der Waals surface area contributed by atoms with Crippen molar-refractivity contribution in [3.8, 4) is 0 Å². The first-order chi connectivity index (χ1) is 12.9. The number of aromatic nitrogens is 2. The largest absolute Gasteiger partial charge is 0.469 e. The monoisotopic (exact) mass is 446 g/mol. The number of ether oxygens (including phenoxy) is 2. The molecule has 0 radical (unpaired) electrons. The van der Waals surface area contributed by atoms with E-state index in [2.05, 4.69) is 29.4 Å². The molecule has 2 rings (SSSR count). The summed E-state index contributed by atoms with van der Waals surface area (Å²) in [6.07, 6.45) is 1.53. The Morgan fingerprint density at radius 1 is 1.32 bits per heavy atom. The minimum atomic E-state index is -3.77. The van der Waals surface area contributed by atoms with E-state index in [0.29, 0.717) is 17.5 Å². The molecular weight excluding hydrogens is 420 g/mol. The van der Waals surface area contributed by atoms with Gasteiger partial charge in [0.2, 0.25) is 0 Å².